The summed E-state index contributed by atoms with van der Waals surface area (Å²) in [5, 5.41) is 3.08. The van der Waals surface area contributed by atoms with Gasteiger partial charge in [-0.1, -0.05) is 6.07 Å². The Labute approximate surface area is 96.8 Å². The molecule has 0 radical (unpaired) electrons. The molecular weight excluding hydrogens is 234 g/mol. The maximum atomic E-state index is 13.5. The number of nitrogens with one attached hydrogen (secondary N) is 1. The summed E-state index contributed by atoms with van der Waals surface area (Å²) in [4.78, 5) is 0. The van der Waals surface area contributed by atoms with Gasteiger partial charge < -0.3 is 5.32 Å². The number of benzene rings is 1. The molecule has 5 heteroatoms. The SMILES string of the molecule is CNC1(Cc2ccc(C(F)(F)F)cc2F)CC1. The standard InChI is InChI=1S/C12H13F4N/c1-17-11(4-5-11)7-8-2-3-9(6-10(8)13)12(14,15)16/h2-3,6,17H,4-5,7H2,1H3. The van der Waals surface area contributed by atoms with Gasteiger partial charge in [0, 0.05) is 5.54 Å². The van der Waals surface area contributed by atoms with Gasteiger partial charge in [0.1, 0.15) is 5.82 Å². The van der Waals surface area contributed by atoms with E-state index in [9.17, 15) is 17.6 Å². The molecule has 1 nitrogen and oxygen atoms in total. The van der Waals surface area contributed by atoms with Gasteiger partial charge in [-0.2, -0.15) is 13.2 Å². The summed E-state index contributed by atoms with van der Waals surface area (Å²) in [5.74, 6) is -0.777. The second kappa shape index (κ2) is 3.98. The van der Waals surface area contributed by atoms with E-state index in [0.717, 1.165) is 18.9 Å². The van der Waals surface area contributed by atoms with Crippen molar-refractivity contribution < 1.29 is 17.6 Å². The third-order valence-electron chi connectivity index (χ3n) is 3.29. The molecule has 0 saturated heterocycles. The highest BCUT2D eigenvalue weighted by Crippen LogP contribution is 2.39. The first kappa shape index (κ1) is 12.4. The first-order valence-corrected chi connectivity index (χ1v) is 5.41. The highest BCUT2D eigenvalue weighted by Gasteiger charge is 2.41. The van der Waals surface area contributed by atoms with Crippen LogP contribution < -0.4 is 5.32 Å². The average Bonchev–Trinajstić information content (AvgIpc) is 3.00. The van der Waals surface area contributed by atoms with Crippen molar-refractivity contribution >= 4 is 0 Å². The van der Waals surface area contributed by atoms with Crippen LogP contribution in [0.2, 0.25) is 0 Å². The average molecular weight is 247 g/mol. The maximum absolute atomic E-state index is 13.5. The molecule has 0 aliphatic heterocycles. The van der Waals surface area contributed by atoms with Crippen LogP contribution in [0.15, 0.2) is 18.2 Å². The summed E-state index contributed by atoms with van der Waals surface area (Å²) in [5.41, 5.74) is -0.710. The zero-order chi connectivity index (χ0) is 12.7. The van der Waals surface area contributed by atoms with Crippen molar-refractivity contribution in [2.24, 2.45) is 0 Å². The second-order valence-electron chi connectivity index (χ2n) is 4.51. The van der Waals surface area contributed by atoms with Crippen molar-refractivity contribution in [2.45, 2.75) is 31.0 Å². The number of alkyl halides is 3. The summed E-state index contributed by atoms with van der Waals surface area (Å²) in [7, 11) is 1.79. The van der Waals surface area contributed by atoms with Crippen LogP contribution in [0, 0.1) is 5.82 Å². The normalized spacial score (nSPS) is 18.2. The van der Waals surface area contributed by atoms with Crippen LogP contribution >= 0.6 is 0 Å². The van der Waals surface area contributed by atoms with Crippen molar-refractivity contribution in [2.75, 3.05) is 7.05 Å². The minimum atomic E-state index is -4.49. The number of hydrogen-bond acceptors (Lipinski definition) is 1. The maximum Gasteiger partial charge on any atom is 0.416 e. The minimum Gasteiger partial charge on any atom is -0.314 e. The monoisotopic (exact) mass is 247 g/mol. The van der Waals surface area contributed by atoms with Gasteiger partial charge in [0.25, 0.3) is 0 Å². The zero-order valence-electron chi connectivity index (χ0n) is 9.37. The Bertz CT molecular complexity index is 421. The molecule has 94 valence electrons. The molecule has 0 amide bonds. The molecule has 1 aliphatic carbocycles. The highest BCUT2D eigenvalue weighted by atomic mass is 19.4. The van der Waals surface area contributed by atoms with Gasteiger partial charge >= 0.3 is 6.18 Å². The van der Waals surface area contributed by atoms with Gasteiger partial charge in [-0.05, 0) is 44.0 Å². The van der Waals surface area contributed by atoms with Crippen molar-refractivity contribution in [3.8, 4) is 0 Å². The van der Waals surface area contributed by atoms with E-state index in [1.807, 2.05) is 0 Å². The third kappa shape index (κ3) is 2.60. The highest BCUT2D eigenvalue weighted by molar-refractivity contribution is 5.29. The van der Waals surface area contributed by atoms with Gasteiger partial charge in [-0.3, -0.25) is 0 Å². The second-order valence-corrected chi connectivity index (χ2v) is 4.51. The Hall–Kier alpha value is -1.10. The summed E-state index contributed by atoms with van der Waals surface area (Å²) in [6.45, 7) is 0. The van der Waals surface area contributed by atoms with E-state index in [0.29, 0.717) is 18.1 Å². The molecule has 1 saturated carbocycles. The predicted octanol–water partition coefficient (Wildman–Crippen LogP) is 3.14. The minimum absolute atomic E-state index is 0.111. The summed E-state index contributed by atoms with van der Waals surface area (Å²) >= 11 is 0. The van der Waals surface area contributed by atoms with E-state index >= 15 is 0 Å². The van der Waals surface area contributed by atoms with Gasteiger partial charge in [-0.25, -0.2) is 4.39 Å². The predicted molar refractivity (Wildman–Crippen MR) is 56.1 cm³/mol. The molecule has 1 aromatic rings. The van der Waals surface area contributed by atoms with Crippen molar-refractivity contribution in [3.63, 3.8) is 0 Å². The van der Waals surface area contributed by atoms with Crippen LogP contribution in [0.4, 0.5) is 17.6 Å². The van der Waals surface area contributed by atoms with Crippen molar-refractivity contribution in [3.05, 3.63) is 35.1 Å². The summed E-state index contributed by atoms with van der Waals surface area (Å²) in [6.07, 6.45) is -2.18. The number of rotatable bonds is 3. The van der Waals surface area contributed by atoms with Gasteiger partial charge in [0.15, 0.2) is 0 Å². The molecule has 1 aliphatic rings. The van der Waals surface area contributed by atoms with Gasteiger partial charge in [-0.15, -0.1) is 0 Å². The molecule has 0 spiro atoms. The van der Waals surface area contributed by atoms with E-state index in [2.05, 4.69) is 5.32 Å². The van der Waals surface area contributed by atoms with Crippen LogP contribution in [0.1, 0.15) is 24.0 Å². The molecule has 1 aromatic carbocycles. The van der Waals surface area contributed by atoms with E-state index in [1.54, 1.807) is 7.05 Å². The van der Waals surface area contributed by atoms with Crippen LogP contribution in [0.3, 0.4) is 0 Å². The lowest BCUT2D eigenvalue weighted by Gasteiger charge is -2.15. The Balaban J connectivity index is 2.20. The lowest BCUT2D eigenvalue weighted by Crippen LogP contribution is -2.30. The molecule has 0 aromatic heterocycles. The first-order chi connectivity index (χ1) is 7.86. The smallest absolute Gasteiger partial charge is 0.314 e. The van der Waals surface area contributed by atoms with E-state index in [1.165, 1.54) is 6.07 Å². The Morgan fingerprint density at radius 2 is 1.94 bits per heavy atom. The fourth-order valence-electron chi connectivity index (χ4n) is 1.90. The quantitative estimate of drug-likeness (QED) is 0.809. The number of hydrogen-bond donors (Lipinski definition) is 1. The number of likely N-dealkylation sites (N-methyl/N-ethyl adjacent to an activating group) is 1. The molecular formula is C12H13F4N. The molecule has 0 unspecified atom stereocenters. The van der Waals surface area contributed by atoms with Gasteiger partial charge in [0.05, 0.1) is 5.56 Å². The Kier molecular flexibility index (Phi) is 2.89. The van der Waals surface area contributed by atoms with E-state index < -0.39 is 17.6 Å². The lowest BCUT2D eigenvalue weighted by molar-refractivity contribution is -0.137. The van der Waals surface area contributed by atoms with Gasteiger partial charge in [0.2, 0.25) is 0 Å². The summed E-state index contributed by atoms with van der Waals surface area (Å²) in [6, 6.07) is 2.74. The molecule has 2 rings (SSSR count). The Morgan fingerprint density at radius 3 is 2.35 bits per heavy atom. The molecule has 1 N–H and O–H groups in total. The third-order valence-corrected chi connectivity index (χ3v) is 3.29. The molecule has 0 bridgehead atoms. The van der Waals surface area contributed by atoms with Crippen LogP contribution in [-0.4, -0.2) is 12.6 Å². The molecule has 17 heavy (non-hydrogen) atoms. The first-order valence-electron chi connectivity index (χ1n) is 5.41. The summed E-state index contributed by atoms with van der Waals surface area (Å²) < 4.78 is 50.6. The number of halogens is 4. The molecule has 1 fully saturated rings. The molecule has 0 heterocycles. The van der Waals surface area contributed by atoms with E-state index in [-0.39, 0.29) is 5.54 Å². The van der Waals surface area contributed by atoms with Crippen LogP contribution in [0.25, 0.3) is 0 Å². The lowest BCUT2D eigenvalue weighted by atomic mass is 10.0. The fourth-order valence-corrected chi connectivity index (χ4v) is 1.90. The largest absolute Gasteiger partial charge is 0.416 e. The zero-order valence-corrected chi connectivity index (χ0v) is 9.37. The molecule has 0 atom stereocenters. The van der Waals surface area contributed by atoms with Crippen molar-refractivity contribution in [1.29, 1.82) is 0 Å². The van der Waals surface area contributed by atoms with E-state index in [4.69, 9.17) is 0 Å². The van der Waals surface area contributed by atoms with Crippen LogP contribution in [0.5, 0.6) is 0 Å². The topological polar surface area (TPSA) is 12.0 Å². The van der Waals surface area contributed by atoms with Crippen LogP contribution in [-0.2, 0) is 12.6 Å². The Morgan fingerprint density at radius 1 is 1.29 bits per heavy atom. The van der Waals surface area contributed by atoms with Crippen molar-refractivity contribution in [1.82, 2.24) is 5.32 Å². The fraction of sp³-hybridized carbons (Fsp3) is 0.500.